The van der Waals surface area contributed by atoms with E-state index in [1.54, 1.807) is 0 Å². The molecule has 2 fully saturated rings. The van der Waals surface area contributed by atoms with Crippen molar-refractivity contribution in [2.75, 3.05) is 13.1 Å². The van der Waals surface area contributed by atoms with Crippen molar-refractivity contribution in [3.63, 3.8) is 0 Å². The average Bonchev–Trinajstić information content (AvgIpc) is 3.21. The molecule has 2 unspecified atom stereocenters. The molecule has 0 aromatic heterocycles. The van der Waals surface area contributed by atoms with Crippen LogP contribution >= 0.6 is 0 Å². The minimum Gasteiger partial charge on any atom is -0.391 e. The zero-order valence-electron chi connectivity index (χ0n) is 12.8. The summed E-state index contributed by atoms with van der Waals surface area (Å²) in [6, 6.07) is 1.04. The number of rotatable bonds is 6. The van der Waals surface area contributed by atoms with Crippen molar-refractivity contribution in [3.8, 4) is 0 Å². The highest BCUT2D eigenvalue weighted by atomic mass is 16.3. The van der Waals surface area contributed by atoms with Gasteiger partial charge in [0, 0.05) is 25.2 Å². The summed E-state index contributed by atoms with van der Waals surface area (Å²) in [4.78, 5) is 14.3. The highest BCUT2D eigenvalue weighted by Crippen LogP contribution is 2.27. The number of aliphatic hydroxyl groups is 1. The Morgan fingerprint density at radius 1 is 1.25 bits per heavy atom. The van der Waals surface area contributed by atoms with E-state index in [4.69, 9.17) is 0 Å². The fourth-order valence-corrected chi connectivity index (χ4v) is 3.07. The first kappa shape index (κ1) is 15.6. The summed E-state index contributed by atoms with van der Waals surface area (Å²) in [7, 11) is 0. The molecule has 0 aromatic carbocycles. The number of carbonyl (C=O) groups excluding carboxylic acids is 1. The maximum atomic E-state index is 11.8. The van der Waals surface area contributed by atoms with E-state index < -0.39 is 0 Å². The van der Waals surface area contributed by atoms with Gasteiger partial charge in [0.2, 0.25) is 0 Å². The summed E-state index contributed by atoms with van der Waals surface area (Å²) in [5.74, 6) is 0. The average molecular weight is 283 g/mol. The van der Waals surface area contributed by atoms with Crippen molar-refractivity contribution in [3.05, 3.63) is 0 Å². The number of aliphatic hydroxyl groups excluding tert-OH is 1. The van der Waals surface area contributed by atoms with Gasteiger partial charge in [-0.2, -0.15) is 0 Å². The zero-order chi connectivity index (χ0) is 14.5. The Morgan fingerprint density at radius 3 is 2.55 bits per heavy atom. The molecule has 0 radical (unpaired) electrons. The first-order valence-electron chi connectivity index (χ1n) is 8.06. The maximum absolute atomic E-state index is 11.8. The normalized spacial score (nSPS) is 26.9. The number of urea groups is 1. The molecule has 0 heterocycles. The molecule has 20 heavy (non-hydrogen) atoms. The molecule has 0 saturated heterocycles. The predicted octanol–water partition coefficient (Wildman–Crippen LogP) is 1.46. The van der Waals surface area contributed by atoms with Crippen molar-refractivity contribution >= 4 is 6.03 Å². The second-order valence-corrected chi connectivity index (χ2v) is 6.42. The molecule has 2 amide bonds. The van der Waals surface area contributed by atoms with Crippen LogP contribution in [0.2, 0.25) is 0 Å². The lowest BCUT2D eigenvalue weighted by atomic mass is 9.93. The largest absolute Gasteiger partial charge is 0.391 e. The Labute approximate surface area is 122 Å². The van der Waals surface area contributed by atoms with Gasteiger partial charge in [-0.15, -0.1) is 0 Å². The molecule has 5 heteroatoms. The van der Waals surface area contributed by atoms with Gasteiger partial charge in [-0.25, -0.2) is 4.79 Å². The van der Waals surface area contributed by atoms with Crippen molar-refractivity contribution in [2.24, 2.45) is 0 Å². The lowest BCUT2D eigenvalue weighted by Gasteiger charge is -2.29. The minimum absolute atomic E-state index is 0.0756. The molecular weight excluding hydrogens is 254 g/mol. The molecule has 0 aliphatic heterocycles. The summed E-state index contributed by atoms with van der Waals surface area (Å²) < 4.78 is 0. The lowest BCUT2D eigenvalue weighted by molar-refractivity contribution is 0.0942. The molecule has 0 bridgehead atoms. The van der Waals surface area contributed by atoms with Crippen molar-refractivity contribution in [1.29, 1.82) is 0 Å². The highest BCUT2D eigenvalue weighted by Gasteiger charge is 2.30. The zero-order valence-corrected chi connectivity index (χ0v) is 12.8. The fraction of sp³-hybridized carbons (Fsp3) is 0.933. The van der Waals surface area contributed by atoms with Crippen LogP contribution in [-0.2, 0) is 0 Å². The number of hydrogen-bond acceptors (Lipinski definition) is 3. The van der Waals surface area contributed by atoms with E-state index in [2.05, 4.69) is 29.4 Å². The predicted molar refractivity (Wildman–Crippen MR) is 79.7 cm³/mol. The lowest BCUT2D eigenvalue weighted by Crippen LogP contribution is -2.50. The summed E-state index contributed by atoms with van der Waals surface area (Å²) in [5.41, 5.74) is 0. The second kappa shape index (κ2) is 7.27. The Kier molecular flexibility index (Phi) is 5.66. The highest BCUT2D eigenvalue weighted by molar-refractivity contribution is 5.74. The van der Waals surface area contributed by atoms with Gasteiger partial charge in [-0.1, -0.05) is 12.8 Å². The van der Waals surface area contributed by atoms with E-state index >= 15 is 0 Å². The van der Waals surface area contributed by atoms with Crippen molar-refractivity contribution in [2.45, 2.75) is 76.6 Å². The van der Waals surface area contributed by atoms with Gasteiger partial charge in [0.1, 0.15) is 0 Å². The first-order chi connectivity index (χ1) is 9.58. The third-order valence-electron chi connectivity index (χ3n) is 4.38. The maximum Gasteiger partial charge on any atom is 0.315 e. The molecule has 3 N–H and O–H groups in total. The Balaban J connectivity index is 1.64. The summed E-state index contributed by atoms with van der Waals surface area (Å²) in [6.07, 6.45) is 6.03. The van der Waals surface area contributed by atoms with Crippen LogP contribution in [0.25, 0.3) is 0 Å². The molecule has 2 atom stereocenters. The molecule has 2 saturated carbocycles. The van der Waals surface area contributed by atoms with E-state index in [0.29, 0.717) is 12.6 Å². The van der Waals surface area contributed by atoms with Gasteiger partial charge in [-0.3, -0.25) is 4.90 Å². The third kappa shape index (κ3) is 4.63. The Hall–Kier alpha value is -0.810. The van der Waals surface area contributed by atoms with Crippen LogP contribution in [-0.4, -0.2) is 53.4 Å². The third-order valence-corrected chi connectivity index (χ3v) is 4.38. The Morgan fingerprint density at radius 2 is 1.95 bits per heavy atom. The smallest absolute Gasteiger partial charge is 0.315 e. The number of hydrogen-bond donors (Lipinski definition) is 3. The van der Waals surface area contributed by atoms with Gasteiger partial charge in [0.15, 0.2) is 0 Å². The quantitative estimate of drug-likeness (QED) is 0.691. The van der Waals surface area contributed by atoms with E-state index in [1.165, 1.54) is 12.8 Å². The molecule has 5 nitrogen and oxygen atoms in total. The number of carbonyl (C=O) groups is 1. The van der Waals surface area contributed by atoms with E-state index in [-0.39, 0.29) is 18.2 Å². The standard InChI is InChI=1S/C15H29N3O2/c1-11(2)18(12-7-8-12)10-9-16-15(20)17-13-5-3-4-6-14(13)19/h11-14,19H,3-10H2,1-2H3,(H2,16,17,20). The number of nitrogens with one attached hydrogen (secondary N) is 2. The van der Waals surface area contributed by atoms with Gasteiger partial charge in [-0.05, 0) is 39.5 Å². The SMILES string of the molecule is CC(C)N(CCNC(=O)NC1CCCCC1O)C1CC1. The van der Waals surface area contributed by atoms with E-state index in [1.807, 2.05) is 0 Å². The van der Waals surface area contributed by atoms with Crippen LogP contribution in [0, 0.1) is 0 Å². The minimum atomic E-state index is -0.381. The summed E-state index contributed by atoms with van der Waals surface area (Å²) in [5, 5.41) is 15.6. The molecule has 0 spiro atoms. The van der Waals surface area contributed by atoms with Gasteiger partial charge in [0.25, 0.3) is 0 Å². The van der Waals surface area contributed by atoms with Crippen LogP contribution in [0.3, 0.4) is 0 Å². The van der Waals surface area contributed by atoms with E-state index in [9.17, 15) is 9.90 Å². The monoisotopic (exact) mass is 283 g/mol. The van der Waals surface area contributed by atoms with Crippen LogP contribution in [0.1, 0.15) is 52.4 Å². The molecule has 2 rings (SSSR count). The Bertz CT molecular complexity index is 316. The fourth-order valence-electron chi connectivity index (χ4n) is 3.07. The molecule has 2 aliphatic carbocycles. The van der Waals surface area contributed by atoms with Crippen molar-refractivity contribution in [1.82, 2.24) is 15.5 Å². The number of nitrogens with zero attached hydrogens (tertiary/aromatic N) is 1. The topological polar surface area (TPSA) is 64.6 Å². The molecular formula is C15H29N3O2. The first-order valence-corrected chi connectivity index (χ1v) is 8.06. The summed E-state index contributed by atoms with van der Waals surface area (Å²) in [6.45, 7) is 5.99. The van der Waals surface area contributed by atoms with Crippen LogP contribution in [0.4, 0.5) is 4.79 Å². The van der Waals surface area contributed by atoms with Gasteiger partial charge >= 0.3 is 6.03 Å². The van der Waals surface area contributed by atoms with Crippen molar-refractivity contribution < 1.29 is 9.90 Å². The van der Waals surface area contributed by atoms with Crippen LogP contribution in [0.15, 0.2) is 0 Å². The number of amides is 2. The summed E-state index contributed by atoms with van der Waals surface area (Å²) >= 11 is 0. The second-order valence-electron chi connectivity index (χ2n) is 6.42. The van der Waals surface area contributed by atoms with E-state index in [0.717, 1.165) is 38.3 Å². The molecule has 2 aliphatic rings. The van der Waals surface area contributed by atoms with Crippen LogP contribution in [0.5, 0.6) is 0 Å². The van der Waals surface area contributed by atoms with Crippen LogP contribution < -0.4 is 10.6 Å². The molecule has 116 valence electrons. The van der Waals surface area contributed by atoms with Gasteiger partial charge < -0.3 is 15.7 Å². The molecule has 0 aromatic rings. The van der Waals surface area contributed by atoms with Gasteiger partial charge in [0.05, 0.1) is 12.1 Å².